The molecule has 20 heavy (non-hydrogen) atoms. The summed E-state index contributed by atoms with van der Waals surface area (Å²) in [6.07, 6.45) is 0. The van der Waals surface area contributed by atoms with Crippen LogP contribution in [0.25, 0.3) is 11.0 Å². The minimum Gasteiger partial charge on any atom is -0.493 e. The van der Waals surface area contributed by atoms with E-state index in [0.29, 0.717) is 22.5 Å². The van der Waals surface area contributed by atoms with Gasteiger partial charge in [0, 0.05) is 11.5 Å². The maximum Gasteiger partial charge on any atom is 0.351 e. The van der Waals surface area contributed by atoms with Crippen molar-refractivity contribution >= 4 is 16.9 Å². The zero-order valence-corrected chi connectivity index (χ0v) is 11.4. The third kappa shape index (κ3) is 2.45. The highest BCUT2D eigenvalue weighted by molar-refractivity contribution is 5.93. The molecule has 0 amide bonds. The van der Waals surface area contributed by atoms with E-state index < -0.39 is 11.6 Å². The standard InChI is InChI=1S/C14H14O6/c1-4-19-13(15)9-5-8-6-11(17-2)12(18-3)7-10(8)20-14(9)16/h5-7H,4H2,1-3H3. The molecule has 0 radical (unpaired) electrons. The second-order valence-corrected chi connectivity index (χ2v) is 3.91. The first-order chi connectivity index (χ1) is 9.60. The van der Waals surface area contributed by atoms with Gasteiger partial charge in [0.15, 0.2) is 11.5 Å². The Morgan fingerprint density at radius 3 is 2.40 bits per heavy atom. The van der Waals surface area contributed by atoms with Crippen molar-refractivity contribution in [3.05, 3.63) is 34.2 Å². The topological polar surface area (TPSA) is 75.0 Å². The van der Waals surface area contributed by atoms with Crippen molar-refractivity contribution in [2.24, 2.45) is 0 Å². The molecule has 0 aliphatic rings. The Hall–Kier alpha value is -2.50. The summed E-state index contributed by atoms with van der Waals surface area (Å²) in [7, 11) is 2.98. The Balaban J connectivity index is 2.63. The fourth-order valence-electron chi connectivity index (χ4n) is 1.80. The molecule has 1 aromatic heterocycles. The van der Waals surface area contributed by atoms with E-state index in [4.69, 9.17) is 18.6 Å². The van der Waals surface area contributed by atoms with Crippen LogP contribution in [-0.4, -0.2) is 26.8 Å². The Morgan fingerprint density at radius 2 is 1.80 bits per heavy atom. The molecule has 0 fully saturated rings. The molecule has 6 nitrogen and oxygen atoms in total. The second-order valence-electron chi connectivity index (χ2n) is 3.91. The van der Waals surface area contributed by atoms with Crippen LogP contribution in [-0.2, 0) is 4.74 Å². The first kappa shape index (κ1) is 13.9. The summed E-state index contributed by atoms with van der Waals surface area (Å²) in [6.45, 7) is 1.84. The smallest absolute Gasteiger partial charge is 0.351 e. The lowest BCUT2D eigenvalue weighted by Gasteiger charge is -2.09. The number of carbonyl (C=O) groups is 1. The number of hydrogen-bond acceptors (Lipinski definition) is 6. The summed E-state index contributed by atoms with van der Waals surface area (Å²) in [5.74, 6) is 0.202. The van der Waals surface area contributed by atoms with Gasteiger partial charge in [-0.05, 0) is 19.1 Å². The van der Waals surface area contributed by atoms with Gasteiger partial charge in [0.1, 0.15) is 11.1 Å². The average molecular weight is 278 g/mol. The molecule has 1 aromatic carbocycles. The van der Waals surface area contributed by atoms with E-state index in [1.165, 1.54) is 26.4 Å². The molecule has 0 unspecified atom stereocenters. The maximum atomic E-state index is 11.8. The quantitative estimate of drug-likeness (QED) is 0.629. The first-order valence-electron chi connectivity index (χ1n) is 5.97. The molecular formula is C14H14O6. The Morgan fingerprint density at radius 1 is 1.15 bits per heavy atom. The van der Waals surface area contributed by atoms with Crippen LogP contribution in [0.15, 0.2) is 27.4 Å². The highest BCUT2D eigenvalue weighted by Gasteiger charge is 2.16. The van der Waals surface area contributed by atoms with Gasteiger partial charge in [-0.2, -0.15) is 0 Å². The van der Waals surface area contributed by atoms with E-state index in [0.717, 1.165) is 0 Å². The van der Waals surface area contributed by atoms with Gasteiger partial charge in [-0.1, -0.05) is 0 Å². The van der Waals surface area contributed by atoms with Crippen molar-refractivity contribution in [1.82, 2.24) is 0 Å². The molecule has 0 saturated carbocycles. The van der Waals surface area contributed by atoms with Gasteiger partial charge in [0.25, 0.3) is 0 Å². The van der Waals surface area contributed by atoms with E-state index in [2.05, 4.69) is 0 Å². The SMILES string of the molecule is CCOC(=O)c1cc2cc(OC)c(OC)cc2oc1=O. The van der Waals surface area contributed by atoms with Gasteiger partial charge < -0.3 is 18.6 Å². The second kappa shape index (κ2) is 5.64. The van der Waals surface area contributed by atoms with Crippen LogP contribution < -0.4 is 15.1 Å². The van der Waals surface area contributed by atoms with Gasteiger partial charge in [0.2, 0.25) is 0 Å². The van der Waals surface area contributed by atoms with E-state index >= 15 is 0 Å². The minimum atomic E-state index is -0.747. The molecule has 0 aliphatic carbocycles. The van der Waals surface area contributed by atoms with Gasteiger partial charge in [0.05, 0.1) is 20.8 Å². The van der Waals surface area contributed by atoms with Crippen LogP contribution in [0.4, 0.5) is 0 Å². The molecule has 0 bridgehead atoms. The summed E-state index contributed by atoms with van der Waals surface area (Å²) in [4.78, 5) is 23.4. The highest BCUT2D eigenvalue weighted by atomic mass is 16.5. The number of methoxy groups -OCH3 is 2. The molecule has 0 N–H and O–H groups in total. The molecule has 2 rings (SSSR count). The monoisotopic (exact) mass is 278 g/mol. The lowest BCUT2D eigenvalue weighted by atomic mass is 10.1. The number of esters is 1. The molecule has 0 saturated heterocycles. The van der Waals surface area contributed by atoms with Crippen LogP contribution in [0.1, 0.15) is 17.3 Å². The van der Waals surface area contributed by atoms with Gasteiger partial charge in [-0.25, -0.2) is 9.59 Å². The van der Waals surface area contributed by atoms with Crippen molar-refractivity contribution in [2.75, 3.05) is 20.8 Å². The van der Waals surface area contributed by atoms with Crippen LogP contribution in [0, 0.1) is 0 Å². The molecule has 2 aromatic rings. The molecule has 0 atom stereocenters. The number of rotatable bonds is 4. The maximum absolute atomic E-state index is 11.8. The number of carbonyl (C=O) groups excluding carboxylic acids is 1. The van der Waals surface area contributed by atoms with E-state index in [9.17, 15) is 9.59 Å². The molecule has 0 aliphatic heterocycles. The summed E-state index contributed by atoms with van der Waals surface area (Å²) in [5.41, 5.74) is -0.588. The zero-order valence-electron chi connectivity index (χ0n) is 11.4. The highest BCUT2D eigenvalue weighted by Crippen LogP contribution is 2.31. The molecule has 0 spiro atoms. The van der Waals surface area contributed by atoms with Crippen LogP contribution in [0.5, 0.6) is 11.5 Å². The molecule has 106 valence electrons. The predicted molar refractivity (Wildman–Crippen MR) is 71.5 cm³/mol. The number of hydrogen-bond donors (Lipinski definition) is 0. The van der Waals surface area contributed by atoms with Crippen molar-refractivity contribution in [3.8, 4) is 11.5 Å². The van der Waals surface area contributed by atoms with Crippen molar-refractivity contribution < 1.29 is 23.4 Å². The van der Waals surface area contributed by atoms with E-state index in [1.54, 1.807) is 13.0 Å². The van der Waals surface area contributed by atoms with Crippen LogP contribution in [0.3, 0.4) is 0 Å². The fourth-order valence-corrected chi connectivity index (χ4v) is 1.80. The average Bonchev–Trinajstić information content (AvgIpc) is 2.45. The largest absolute Gasteiger partial charge is 0.493 e. The van der Waals surface area contributed by atoms with E-state index in [-0.39, 0.29) is 12.2 Å². The normalized spacial score (nSPS) is 10.3. The summed E-state index contributed by atoms with van der Waals surface area (Å²) < 4.78 is 20.2. The molecule has 1 heterocycles. The van der Waals surface area contributed by atoms with Crippen molar-refractivity contribution in [2.45, 2.75) is 6.92 Å². The van der Waals surface area contributed by atoms with Crippen LogP contribution in [0.2, 0.25) is 0 Å². The number of ether oxygens (including phenoxy) is 3. The third-order valence-electron chi connectivity index (χ3n) is 2.73. The summed E-state index contributed by atoms with van der Waals surface area (Å²) in [6, 6.07) is 4.57. The molecule has 6 heteroatoms. The van der Waals surface area contributed by atoms with Gasteiger partial charge in [-0.3, -0.25) is 0 Å². The lowest BCUT2D eigenvalue weighted by molar-refractivity contribution is 0.0522. The number of fused-ring (bicyclic) bond motifs is 1. The Kier molecular flexibility index (Phi) is 3.93. The van der Waals surface area contributed by atoms with E-state index in [1.807, 2.05) is 0 Å². The predicted octanol–water partition coefficient (Wildman–Crippen LogP) is 1.99. The summed E-state index contributed by atoms with van der Waals surface area (Å²) in [5, 5.41) is 0.547. The van der Waals surface area contributed by atoms with Crippen molar-refractivity contribution in [3.63, 3.8) is 0 Å². The third-order valence-corrected chi connectivity index (χ3v) is 2.73. The first-order valence-corrected chi connectivity index (χ1v) is 5.97. The zero-order chi connectivity index (χ0) is 14.7. The minimum absolute atomic E-state index is 0.147. The lowest BCUT2D eigenvalue weighted by Crippen LogP contribution is -2.16. The fraction of sp³-hybridized carbons (Fsp3) is 0.286. The Bertz CT molecular complexity index is 701. The Labute approximate surface area is 114 Å². The van der Waals surface area contributed by atoms with Gasteiger partial charge in [-0.15, -0.1) is 0 Å². The summed E-state index contributed by atoms with van der Waals surface area (Å²) >= 11 is 0. The molecular weight excluding hydrogens is 264 g/mol. The number of benzene rings is 1. The van der Waals surface area contributed by atoms with Crippen LogP contribution >= 0.6 is 0 Å². The van der Waals surface area contributed by atoms with Gasteiger partial charge >= 0.3 is 11.6 Å². The van der Waals surface area contributed by atoms with Crippen molar-refractivity contribution in [1.29, 1.82) is 0 Å².